The molecule has 1 heterocycles. The van der Waals surface area contributed by atoms with Gasteiger partial charge in [-0.1, -0.05) is 0 Å². The predicted molar refractivity (Wildman–Crippen MR) is 65.6 cm³/mol. The van der Waals surface area contributed by atoms with Crippen LogP contribution in [0, 0.1) is 23.2 Å². The van der Waals surface area contributed by atoms with Crippen molar-refractivity contribution in [2.45, 2.75) is 38.5 Å². The highest BCUT2D eigenvalue weighted by Gasteiger charge is 2.51. The van der Waals surface area contributed by atoms with E-state index in [1.54, 1.807) is 0 Å². The van der Waals surface area contributed by atoms with Gasteiger partial charge in [0.2, 0.25) is 0 Å². The second kappa shape index (κ2) is 3.39. The molecule has 2 amide bonds. The van der Waals surface area contributed by atoms with Crippen LogP contribution in [0.25, 0.3) is 0 Å². The van der Waals surface area contributed by atoms with Gasteiger partial charge in [0.05, 0.1) is 0 Å². The van der Waals surface area contributed by atoms with E-state index >= 15 is 0 Å². The summed E-state index contributed by atoms with van der Waals surface area (Å²) in [5.41, 5.74) is 0.510. The van der Waals surface area contributed by atoms with E-state index in [2.05, 4.69) is 10.2 Å². The fraction of sp³-hybridized carbons (Fsp3) is 0.929. The minimum Gasteiger partial charge on any atom is -0.336 e. The Morgan fingerprint density at radius 2 is 1.71 bits per heavy atom. The van der Waals surface area contributed by atoms with Gasteiger partial charge in [-0.3, -0.25) is 0 Å². The number of amides is 2. The minimum absolute atomic E-state index is 0.181. The normalized spacial score (nSPS) is 47.6. The van der Waals surface area contributed by atoms with Crippen LogP contribution in [-0.2, 0) is 0 Å². The van der Waals surface area contributed by atoms with E-state index in [1.807, 2.05) is 0 Å². The highest BCUT2D eigenvalue weighted by Crippen LogP contribution is 2.60. The molecule has 5 fully saturated rings. The Labute approximate surface area is 103 Å². The second-order valence-corrected chi connectivity index (χ2v) is 7.07. The second-order valence-electron chi connectivity index (χ2n) is 7.07. The molecule has 3 heteroatoms. The third kappa shape index (κ3) is 1.58. The summed E-state index contributed by atoms with van der Waals surface area (Å²) >= 11 is 0. The summed E-state index contributed by atoms with van der Waals surface area (Å²) in [7, 11) is 0. The SMILES string of the molecule is O=C1NCCN1CC12CC3CC(CC(C3)C1)C2. The van der Waals surface area contributed by atoms with E-state index in [1.165, 1.54) is 38.5 Å². The van der Waals surface area contributed by atoms with E-state index < -0.39 is 0 Å². The first-order chi connectivity index (χ1) is 8.22. The smallest absolute Gasteiger partial charge is 0.317 e. The summed E-state index contributed by atoms with van der Waals surface area (Å²) in [6.45, 7) is 2.83. The number of nitrogens with one attached hydrogen (secondary N) is 1. The Balaban J connectivity index is 1.54. The number of carbonyl (C=O) groups is 1. The zero-order valence-corrected chi connectivity index (χ0v) is 10.5. The first-order valence-electron chi connectivity index (χ1n) is 7.25. The topological polar surface area (TPSA) is 32.3 Å². The van der Waals surface area contributed by atoms with Crippen LogP contribution in [0.1, 0.15) is 38.5 Å². The number of rotatable bonds is 2. The Hall–Kier alpha value is -0.730. The molecule has 0 aromatic carbocycles. The summed E-state index contributed by atoms with van der Waals surface area (Å²) in [5.74, 6) is 2.98. The highest BCUT2D eigenvalue weighted by molar-refractivity contribution is 5.76. The van der Waals surface area contributed by atoms with E-state index in [0.29, 0.717) is 5.41 Å². The number of hydrogen-bond acceptors (Lipinski definition) is 1. The first-order valence-corrected chi connectivity index (χ1v) is 7.25. The first kappa shape index (κ1) is 10.2. The van der Waals surface area contributed by atoms with Crippen molar-refractivity contribution in [2.24, 2.45) is 23.2 Å². The number of carbonyl (C=O) groups excluding carboxylic acids is 1. The van der Waals surface area contributed by atoms with Crippen molar-refractivity contribution in [2.75, 3.05) is 19.6 Å². The Bertz CT molecular complexity index is 317. The van der Waals surface area contributed by atoms with Crippen molar-refractivity contribution in [3.05, 3.63) is 0 Å². The van der Waals surface area contributed by atoms with Gasteiger partial charge in [0.15, 0.2) is 0 Å². The molecule has 1 aliphatic heterocycles. The molecule has 17 heavy (non-hydrogen) atoms. The maximum absolute atomic E-state index is 11.7. The van der Waals surface area contributed by atoms with E-state index in [-0.39, 0.29) is 6.03 Å². The molecule has 4 saturated carbocycles. The van der Waals surface area contributed by atoms with Gasteiger partial charge in [-0.15, -0.1) is 0 Å². The predicted octanol–water partition coefficient (Wildman–Crippen LogP) is 2.23. The highest BCUT2D eigenvalue weighted by atomic mass is 16.2. The van der Waals surface area contributed by atoms with E-state index in [0.717, 1.165) is 37.4 Å². The lowest BCUT2D eigenvalue weighted by Crippen LogP contribution is -2.51. The van der Waals surface area contributed by atoms with Crippen LogP contribution in [0.15, 0.2) is 0 Å². The Morgan fingerprint density at radius 1 is 1.12 bits per heavy atom. The van der Waals surface area contributed by atoms with Crippen LogP contribution in [-0.4, -0.2) is 30.6 Å². The summed E-state index contributed by atoms with van der Waals surface area (Å²) in [4.78, 5) is 13.8. The molecule has 0 unspecified atom stereocenters. The molecule has 0 atom stereocenters. The minimum atomic E-state index is 0.181. The Kier molecular flexibility index (Phi) is 2.04. The molecule has 0 aromatic heterocycles. The zero-order chi connectivity index (χ0) is 11.5. The van der Waals surface area contributed by atoms with Gasteiger partial charge in [0, 0.05) is 19.6 Å². The van der Waals surface area contributed by atoms with Crippen LogP contribution in [0.4, 0.5) is 4.79 Å². The average Bonchev–Trinajstić information content (AvgIpc) is 2.61. The molecule has 0 spiro atoms. The summed E-state index contributed by atoms with van der Waals surface area (Å²) in [6, 6.07) is 0.181. The van der Waals surface area contributed by atoms with Gasteiger partial charge in [0.1, 0.15) is 0 Å². The van der Waals surface area contributed by atoms with Gasteiger partial charge in [-0.25, -0.2) is 4.79 Å². The molecule has 0 aromatic rings. The number of hydrogen-bond donors (Lipinski definition) is 1. The van der Waals surface area contributed by atoms with E-state index in [4.69, 9.17) is 0 Å². The van der Waals surface area contributed by atoms with Crippen LogP contribution in [0.2, 0.25) is 0 Å². The van der Waals surface area contributed by atoms with Crippen molar-refractivity contribution in [3.8, 4) is 0 Å². The molecule has 5 aliphatic rings. The van der Waals surface area contributed by atoms with Crippen LogP contribution < -0.4 is 5.32 Å². The van der Waals surface area contributed by atoms with E-state index in [9.17, 15) is 4.79 Å². The molecule has 4 aliphatic carbocycles. The molecule has 94 valence electrons. The number of nitrogens with zero attached hydrogens (tertiary/aromatic N) is 1. The number of urea groups is 1. The average molecular weight is 234 g/mol. The lowest BCUT2D eigenvalue weighted by Gasteiger charge is -2.57. The van der Waals surface area contributed by atoms with Crippen molar-refractivity contribution in [3.63, 3.8) is 0 Å². The van der Waals surface area contributed by atoms with Crippen molar-refractivity contribution in [1.29, 1.82) is 0 Å². The lowest BCUT2D eigenvalue weighted by atomic mass is 9.49. The van der Waals surface area contributed by atoms with Crippen molar-refractivity contribution < 1.29 is 4.79 Å². The van der Waals surface area contributed by atoms with Gasteiger partial charge < -0.3 is 10.2 Å². The summed E-state index contributed by atoms with van der Waals surface area (Å²) in [5, 5.41) is 2.94. The maximum atomic E-state index is 11.7. The molecular weight excluding hydrogens is 212 g/mol. The summed E-state index contributed by atoms with van der Waals surface area (Å²) < 4.78 is 0. The molecule has 5 rings (SSSR count). The van der Waals surface area contributed by atoms with Crippen LogP contribution >= 0.6 is 0 Å². The third-order valence-electron chi connectivity index (χ3n) is 5.64. The fourth-order valence-electron chi connectivity index (χ4n) is 5.55. The lowest BCUT2D eigenvalue weighted by molar-refractivity contribution is -0.0621. The molecule has 3 nitrogen and oxygen atoms in total. The van der Waals surface area contributed by atoms with Gasteiger partial charge in [-0.05, 0) is 61.7 Å². The molecule has 1 N–H and O–H groups in total. The van der Waals surface area contributed by atoms with Gasteiger partial charge in [0.25, 0.3) is 0 Å². The van der Waals surface area contributed by atoms with Gasteiger partial charge in [-0.2, -0.15) is 0 Å². The van der Waals surface area contributed by atoms with Crippen molar-refractivity contribution >= 4 is 6.03 Å². The summed E-state index contributed by atoms with van der Waals surface area (Å²) in [6.07, 6.45) is 8.69. The molecule has 4 bridgehead atoms. The van der Waals surface area contributed by atoms with Crippen molar-refractivity contribution in [1.82, 2.24) is 10.2 Å². The van der Waals surface area contributed by atoms with Crippen LogP contribution in [0.3, 0.4) is 0 Å². The standard InChI is InChI=1S/C14H22N2O/c17-13-15-1-2-16(13)9-14-6-10-3-11(7-14)5-12(4-10)8-14/h10-12H,1-9H2,(H,15,17). The largest absolute Gasteiger partial charge is 0.336 e. The maximum Gasteiger partial charge on any atom is 0.317 e. The molecule has 1 saturated heterocycles. The monoisotopic (exact) mass is 234 g/mol. The molecule has 0 radical (unpaired) electrons. The Morgan fingerprint density at radius 3 is 2.18 bits per heavy atom. The molecular formula is C14H22N2O. The quantitative estimate of drug-likeness (QED) is 0.780. The zero-order valence-electron chi connectivity index (χ0n) is 10.5. The van der Waals surface area contributed by atoms with Gasteiger partial charge >= 0.3 is 6.03 Å². The van der Waals surface area contributed by atoms with Crippen LogP contribution in [0.5, 0.6) is 0 Å². The third-order valence-corrected chi connectivity index (χ3v) is 5.64. The fourth-order valence-corrected chi connectivity index (χ4v) is 5.55.